The van der Waals surface area contributed by atoms with E-state index in [4.69, 9.17) is 0 Å². The molecule has 0 saturated carbocycles. The number of aromatic nitrogens is 3. The van der Waals surface area contributed by atoms with Crippen molar-refractivity contribution in [2.45, 2.75) is 38.7 Å². The largest absolute Gasteiger partial charge is 0.365 e. The number of pyridine rings is 1. The molecule has 5 nitrogen and oxygen atoms in total. The molecule has 0 spiro atoms. The zero-order valence-electron chi connectivity index (χ0n) is 17.3. The van der Waals surface area contributed by atoms with Crippen LogP contribution in [0.25, 0.3) is 11.0 Å². The molecule has 0 radical (unpaired) electrons. The first-order valence-corrected chi connectivity index (χ1v) is 11.3. The molecule has 0 amide bonds. The maximum absolute atomic E-state index is 14.4. The lowest BCUT2D eigenvalue weighted by atomic mass is 9.94. The summed E-state index contributed by atoms with van der Waals surface area (Å²) in [7, 11) is 1.69. The molecule has 0 aliphatic carbocycles. The molecule has 9 heteroatoms. The van der Waals surface area contributed by atoms with Crippen LogP contribution in [0.3, 0.4) is 0 Å². The van der Waals surface area contributed by atoms with Crippen LogP contribution in [-0.4, -0.2) is 26.0 Å². The number of fused-ring (bicyclic) bond motifs is 1. The van der Waals surface area contributed by atoms with Crippen LogP contribution in [-0.2, 0) is 13.6 Å². The second-order valence-electron chi connectivity index (χ2n) is 7.68. The molecular formula is C22H23F3N4OS. The summed E-state index contributed by atoms with van der Waals surface area (Å²) in [5.41, 5.74) is 0.649. The van der Waals surface area contributed by atoms with Crippen LogP contribution in [0.1, 0.15) is 47.7 Å². The number of nitrogens with one attached hydrogen (secondary N) is 1. The highest BCUT2D eigenvalue weighted by molar-refractivity contribution is 7.99. The SMILES string of the molecule is Cc1nc(NCc2cccc(C(F)F)c2F)c2cc(C3CCSCC3)c(=O)n(C)c2n1. The molecule has 1 N–H and O–H groups in total. The van der Waals surface area contributed by atoms with E-state index in [0.29, 0.717) is 22.7 Å². The molecular weight excluding hydrogens is 425 g/mol. The lowest BCUT2D eigenvalue weighted by Crippen LogP contribution is -2.26. The van der Waals surface area contributed by atoms with Gasteiger partial charge < -0.3 is 5.32 Å². The Hall–Kier alpha value is -2.55. The maximum atomic E-state index is 14.4. The van der Waals surface area contributed by atoms with Gasteiger partial charge in [0.25, 0.3) is 12.0 Å². The molecule has 0 bridgehead atoms. The fourth-order valence-corrected chi connectivity index (χ4v) is 5.09. The van der Waals surface area contributed by atoms with E-state index in [1.165, 1.54) is 16.7 Å². The predicted octanol–water partition coefficient (Wildman–Crippen LogP) is 4.94. The quantitative estimate of drug-likeness (QED) is 0.599. The zero-order chi connectivity index (χ0) is 22.1. The molecule has 1 saturated heterocycles. The first-order chi connectivity index (χ1) is 14.9. The van der Waals surface area contributed by atoms with Gasteiger partial charge in [-0.25, -0.2) is 23.1 Å². The minimum atomic E-state index is -2.88. The maximum Gasteiger partial charge on any atom is 0.266 e. The Morgan fingerprint density at radius 3 is 2.71 bits per heavy atom. The third kappa shape index (κ3) is 4.28. The summed E-state index contributed by atoms with van der Waals surface area (Å²) in [4.78, 5) is 21.9. The number of anilines is 1. The summed E-state index contributed by atoms with van der Waals surface area (Å²) in [5, 5.41) is 3.73. The Kier molecular flexibility index (Phi) is 6.22. The van der Waals surface area contributed by atoms with Crippen molar-refractivity contribution in [2.24, 2.45) is 7.05 Å². The van der Waals surface area contributed by atoms with Gasteiger partial charge in [-0.1, -0.05) is 18.2 Å². The highest BCUT2D eigenvalue weighted by Crippen LogP contribution is 2.32. The smallest absolute Gasteiger partial charge is 0.266 e. The van der Waals surface area contributed by atoms with Crippen LogP contribution < -0.4 is 10.9 Å². The number of nitrogens with zero attached hydrogens (tertiary/aromatic N) is 3. The summed E-state index contributed by atoms with van der Waals surface area (Å²) in [6.45, 7) is 1.69. The van der Waals surface area contributed by atoms with Gasteiger partial charge in [-0.3, -0.25) is 9.36 Å². The fraction of sp³-hybridized carbons (Fsp3) is 0.409. The molecule has 0 unspecified atom stereocenters. The molecule has 1 fully saturated rings. The van der Waals surface area contributed by atoms with Crippen molar-refractivity contribution >= 4 is 28.6 Å². The van der Waals surface area contributed by atoms with Crippen molar-refractivity contribution in [3.8, 4) is 0 Å². The third-order valence-electron chi connectivity index (χ3n) is 5.66. The number of halogens is 3. The van der Waals surface area contributed by atoms with Crippen molar-refractivity contribution in [1.82, 2.24) is 14.5 Å². The van der Waals surface area contributed by atoms with E-state index in [1.807, 2.05) is 17.8 Å². The summed E-state index contributed by atoms with van der Waals surface area (Å²) >= 11 is 1.89. The van der Waals surface area contributed by atoms with Crippen LogP contribution in [0.2, 0.25) is 0 Å². The number of hydrogen-bond acceptors (Lipinski definition) is 5. The Morgan fingerprint density at radius 1 is 1.26 bits per heavy atom. The first-order valence-electron chi connectivity index (χ1n) is 10.1. The first kappa shape index (κ1) is 21.7. The highest BCUT2D eigenvalue weighted by Gasteiger charge is 2.22. The van der Waals surface area contributed by atoms with E-state index in [2.05, 4.69) is 15.3 Å². The topological polar surface area (TPSA) is 59.8 Å². The van der Waals surface area contributed by atoms with Crippen molar-refractivity contribution in [3.63, 3.8) is 0 Å². The van der Waals surface area contributed by atoms with Gasteiger partial charge in [-0.15, -0.1) is 0 Å². The number of hydrogen-bond donors (Lipinski definition) is 1. The molecule has 1 aliphatic rings. The third-order valence-corrected chi connectivity index (χ3v) is 6.71. The molecule has 1 aliphatic heterocycles. The number of thioether (sulfide) groups is 1. The molecule has 2 aromatic heterocycles. The zero-order valence-corrected chi connectivity index (χ0v) is 18.1. The van der Waals surface area contributed by atoms with Gasteiger partial charge in [0, 0.05) is 24.7 Å². The predicted molar refractivity (Wildman–Crippen MR) is 117 cm³/mol. The average molecular weight is 449 g/mol. The monoisotopic (exact) mass is 448 g/mol. The van der Waals surface area contributed by atoms with Gasteiger partial charge in [0.1, 0.15) is 23.1 Å². The standard InChI is InChI=1S/C22H23F3N4OS/c1-12-27-20(26-11-14-4-3-5-15(18(14)23)19(24)25)17-10-16(13-6-8-31-9-7-13)22(30)29(2)21(17)28-12/h3-5,10,13,19H,6-9,11H2,1-2H3,(H,26,27,28). The molecule has 164 valence electrons. The van der Waals surface area contributed by atoms with E-state index in [0.717, 1.165) is 36.0 Å². The van der Waals surface area contributed by atoms with Crippen LogP contribution >= 0.6 is 11.8 Å². The van der Waals surface area contributed by atoms with Gasteiger partial charge >= 0.3 is 0 Å². The Bertz CT molecular complexity index is 1180. The molecule has 4 rings (SSSR count). The minimum absolute atomic E-state index is 0.0177. The Labute approximate surface area is 182 Å². The molecule has 0 atom stereocenters. The van der Waals surface area contributed by atoms with Crippen molar-refractivity contribution < 1.29 is 13.2 Å². The van der Waals surface area contributed by atoms with Gasteiger partial charge in [0.2, 0.25) is 0 Å². The lowest BCUT2D eigenvalue weighted by molar-refractivity contribution is 0.146. The van der Waals surface area contributed by atoms with Crippen LogP contribution in [0.5, 0.6) is 0 Å². The summed E-state index contributed by atoms with van der Waals surface area (Å²) in [6.07, 6.45) is -1.01. The Balaban J connectivity index is 1.75. The number of aryl methyl sites for hydroxylation is 2. The van der Waals surface area contributed by atoms with Crippen molar-refractivity contribution in [3.05, 3.63) is 63.0 Å². The second kappa shape index (κ2) is 8.90. The normalized spacial score (nSPS) is 15.0. The molecule has 1 aromatic carbocycles. The number of rotatable bonds is 5. The summed E-state index contributed by atoms with van der Waals surface area (Å²) < 4.78 is 42.0. The van der Waals surface area contributed by atoms with Crippen molar-refractivity contribution in [2.75, 3.05) is 16.8 Å². The van der Waals surface area contributed by atoms with Crippen LogP contribution in [0.4, 0.5) is 19.0 Å². The van der Waals surface area contributed by atoms with Gasteiger partial charge in [-0.05, 0) is 43.3 Å². The average Bonchev–Trinajstić information content (AvgIpc) is 2.76. The fourth-order valence-electron chi connectivity index (χ4n) is 3.98. The van der Waals surface area contributed by atoms with Crippen LogP contribution in [0, 0.1) is 12.7 Å². The van der Waals surface area contributed by atoms with E-state index in [9.17, 15) is 18.0 Å². The van der Waals surface area contributed by atoms with Crippen LogP contribution in [0.15, 0.2) is 29.1 Å². The summed E-state index contributed by atoms with van der Waals surface area (Å²) in [6, 6.07) is 5.80. The minimum Gasteiger partial charge on any atom is -0.365 e. The van der Waals surface area contributed by atoms with E-state index in [-0.39, 0.29) is 23.6 Å². The van der Waals surface area contributed by atoms with E-state index in [1.54, 1.807) is 14.0 Å². The van der Waals surface area contributed by atoms with Gasteiger partial charge in [-0.2, -0.15) is 11.8 Å². The highest BCUT2D eigenvalue weighted by atomic mass is 32.2. The second-order valence-corrected chi connectivity index (χ2v) is 8.91. The number of alkyl halides is 2. The van der Waals surface area contributed by atoms with Crippen molar-refractivity contribution in [1.29, 1.82) is 0 Å². The van der Waals surface area contributed by atoms with E-state index < -0.39 is 17.8 Å². The number of benzene rings is 1. The Morgan fingerprint density at radius 2 is 2.00 bits per heavy atom. The molecule has 31 heavy (non-hydrogen) atoms. The van der Waals surface area contributed by atoms with Gasteiger partial charge in [0.15, 0.2) is 0 Å². The lowest BCUT2D eigenvalue weighted by Gasteiger charge is -2.22. The molecule has 3 aromatic rings. The summed E-state index contributed by atoms with van der Waals surface area (Å²) in [5.74, 6) is 2.19. The molecule has 3 heterocycles. The van der Waals surface area contributed by atoms with Gasteiger partial charge in [0.05, 0.1) is 10.9 Å². The van der Waals surface area contributed by atoms with E-state index >= 15 is 0 Å².